The third-order valence-corrected chi connectivity index (χ3v) is 2.36. The summed E-state index contributed by atoms with van der Waals surface area (Å²) in [5.74, 6) is 0.182. The van der Waals surface area contributed by atoms with E-state index in [1.54, 1.807) is 18.2 Å². The Morgan fingerprint density at radius 2 is 1.93 bits per heavy atom. The van der Waals surface area contributed by atoms with Crippen molar-refractivity contribution in [3.8, 4) is 5.75 Å². The van der Waals surface area contributed by atoms with E-state index in [-0.39, 0.29) is 5.75 Å². The maximum absolute atomic E-state index is 10.5. The van der Waals surface area contributed by atoms with Crippen molar-refractivity contribution in [1.29, 1.82) is 0 Å². The molecule has 78 valence electrons. The molecule has 5 heteroatoms. The topological polar surface area (TPSA) is 75.4 Å². The Bertz CT molecular complexity index is 527. The van der Waals surface area contributed by atoms with E-state index in [2.05, 4.69) is 4.18 Å². The number of nitrogen functional groups attached to an aromatic ring is 1. The van der Waals surface area contributed by atoms with Crippen LogP contribution in [-0.4, -0.2) is 8.76 Å². The van der Waals surface area contributed by atoms with Crippen molar-refractivity contribution in [3.63, 3.8) is 0 Å². The van der Waals surface area contributed by atoms with Crippen LogP contribution in [0.15, 0.2) is 36.4 Å². The van der Waals surface area contributed by atoms with Crippen LogP contribution in [0.25, 0.3) is 10.8 Å². The summed E-state index contributed by atoms with van der Waals surface area (Å²) >= 11 is -2.61. The molecule has 2 aromatic rings. The predicted molar refractivity (Wildman–Crippen MR) is 57.9 cm³/mol. The minimum Gasteiger partial charge on any atom is -0.740 e. The highest BCUT2D eigenvalue weighted by molar-refractivity contribution is 7.74. The summed E-state index contributed by atoms with van der Waals surface area (Å²) in [5, 5.41) is 1.56. The fourth-order valence-electron chi connectivity index (χ4n) is 1.42. The second-order valence-corrected chi connectivity index (χ2v) is 3.57. The van der Waals surface area contributed by atoms with Crippen LogP contribution in [0, 0.1) is 0 Å². The number of hydrogen-bond donors (Lipinski definition) is 1. The smallest absolute Gasteiger partial charge is 0.169 e. The number of benzene rings is 2. The summed E-state index contributed by atoms with van der Waals surface area (Å²) in [6.45, 7) is 0. The molecule has 0 radical (unpaired) electrons. The van der Waals surface area contributed by atoms with Crippen LogP contribution < -0.4 is 9.92 Å². The lowest BCUT2D eigenvalue weighted by atomic mass is 10.1. The zero-order valence-corrected chi connectivity index (χ0v) is 8.49. The van der Waals surface area contributed by atoms with E-state index >= 15 is 0 Å². The van der Waals surface area contributed by atoms with Crippen molar-refractivity contribution in [1.82, 2.24) is 0 Å². The Morgan fingerprint density at radius 1 is 1.20 bits per heavy atom. The summed E-state index contributed by atoms with van der Waals surface area (Å²) < 4.78 is 25.6. The van der Waals surface area contributed by atoms with Gasteiger partial charge in [-0.25, -0.2) is 4.21 Å². The van der Waals surface area contributed by atoms with Gasteiger partial charge in [0.15, 0.2) is 5.75 Å². The highest BCUT2D eigenvalue weighted by Crippen LogP contribution is 2.31. The first-order chi connectivity index (χ1) is 7.18. The van der Waals surface area contributed by atoms with Gasteiger partial charge in [0.05, 0.1) is 5.69 Å². The fraction of sp³-hybridized carbons (Fsp3) is 0. The van der Waals surface area contributed by atoms with Crippen molar-refractivity contribution in [2.24, 2.45) is 0 Å². The van der Waals surface area contributed by atoms with E-state index < -0.39 is 11.4 Å². The van der Waals surface area contributed by atoms with Gasteiger partial charge in [-0.3, -0.25) is 0 Å². The molecule has 0 bridgehead atoms. The third-order valence-electron chi connectivity index (χ3n) is 2.06. The average Bonchev–Trinajstić information content (AvgIpc) is 2.22. The molecule has 0 aliphatic carbocycles. The maximum Gasteiger partial charge on any atom is 0.169 e. The monoisotopic (exact) mass is 222 g/mol. The Labute approximate surface area is 89.2 Å². The lowest BCUT2D eigenvalue weighted by Gasteiger charge is -2.12. The zero-order chi connectivity index (χ0) is 10.8. The molecule has 15 heavy (non-hydrogen) atoms. The van der Waals surface area contributed by atoms with Gasteiger partial charge in [0, 0.05) is 5.39 Å². The molecule has 4 nitrogen and oxygen atoms in total. The van der Waals surface area contributed by atoms with Crippen molar-refractivity contribution < 1.29 is 12.9 Å². The van der Waals surface area contributed by atoms with Gasteiger partial charge in [0.2, 0.25) is 0 Å². The number of nitrogens with two attached hydrogens (primary N) is 1. The minimum absolute atomic E-state index is 0.182. The van der Waals surface area contributed by atoms with Crippen molar-refractivity contribution in [2.75, 3.05) is 5.73 Å². The van der Waals surface area contributed by atoms with Crippen LogP contribution in [0.1, 0.15) is 0 Å². The second-order valence-electron chi connectivity index (χ2n) is 2.99. The van der Waals surface area contributed by atoms with Gasteiger partial charge in [-0.2, -0.15) is 0 Å². The number of fused-ring (bicyclic) bond motifs is 1. The molecular formula is C10H8NO3S-. The molecule has 0 heterocycles. The molecule has 2 rings (SSSR count). The van der Waals surface area contributed by atoms with E-state index in [1.165, 1.54) is 0 Å². The van der Waals surface area contributed by atoms with Crippen molar-refractivity contribution in [3.05, 3.63) is 36.4 Å². The lowest BCUT2D eigenvalue weighted by molar-refractivity contribution is 0.443. The standard InChI is InChI=1S/C10H9NO3S/c11-9-6-5-7-3-1-2-4-8(7)10(9)14-15(12)13/h1-6H,11H2,(H,12,13)/p-1. The van der Waals surface area contributed by atoms with Crippen LogP contribution in [0.5, 0.6) is 5.75 Å². The molecule has 1 atom stereocenters. The van der Waals surface area contributed by atoms with Gasteiger partial charge in [0.1, 0.15) is 11.4 Å². The molecule has 0 amide bonds. The number of hydrogen-bond acceptors (Lipinski definition) is 4. The molecule has 0 saturated heterocycles. The quantitative estimate of drug-likeness (QED) is 0.618. The first kappa shape index (κ1) is 9.95. The van der Waals surface area contributed by atoms with Crippen molar-refractivity contribution in [2.45, 2.75) is 0 Å². The largest absolute Gasteiger partial charge is 0.740 e. The van der Waals surface area contributed by atoms with Crippen LogP contribution in [-0.2, 0) is 11.4 Å². The van der Waals surface area contributed by atoms with E-state index in [9.17, 15) is 8.76 Å². The Morgan fingerprint density at radius 3 is 2.67 bits per heavy atom. The molecule has 0 aliphatic heterocycles. The summed E-state index contributed by atoms with van der Waals surface area (Å²) in [7, 11) is 0. The SMILES string of the molecule is Nc1ccc2ccccc2c1OS(=O)[O-]. The van der Waals surface area contributed by atoms with Crippen LogP contribution >= 0.6 is 0 Å². The summed E-state index contributed by atoms with van der Waals surface area (Å²) in [6, 6.07) is 10.7. The normalized spacial score (nSPS) is 12.6. The van der Waals surface area contributed by atoms with E-state index in [1.807, 2.05) is 18.2 Å². The highest BCUT2D eigenvalue weighted by atomic mass is 32.2. The number of rotatable bonds is 2. The molecule has 1 unspecified atom stereocenters. The lowest BCUT2D eigenvalue weighted by Crippen LogP contribution is -2.01. The van der Waals surface area contributed by atoms with Gasteiger partial charge < -0.3 is 14.5 Å². The van der Waals surface area contributed by atoms with Gasteiger partial charge in [0.25, 0.3) is 0 Å². The Balaban J connectivity index is 2.68. The molecule has 0 spiro atoms. The Kier molecular flexibility index (Phi) is 2.57. The predicted octanol–water partition coefficient (Wildman–Crippen LogP) is 1.59. The van der Waals surface area contributed by atoms with E-state index in [4.69, 9.17) is 5.73 Å². The van der Waals surface area contributed by atoms with Crippen LogP contribution in [0.2, 0.25) is 0 Å². The average molecular weight is 222 g/mol. The van der Waals surface area contributed by atoms with Gasteiger partial charge >= 0.3 is 0 Å². The summed E-state index contributed by atoms with van der Waals surface area (Å²) in [6.07, 6.45) is 0. The molecule has 0 fully saturated rings. The number of anilines is 1. The Hall–Kier alpha value is -1.59. The first-order valence-electron chi connectivity index (χ1n) is 4.23. The summed E-state index contributed by atoms with van der Waals surface area (Å²) in [4.78, 5) is 0. The van der Waals surface area contributed by atoms with Gasteiger partial charge in [-0.05, 0) is 11.5 Å². The highest BCUT2D eigenvalue weighted by Gasteiger charge is 2.06. The molecule has 2 aromatic carbocycles. The molecule has 0 aromatic heterocycles. The second kappa shape index (κ2) is 3.88. The fourth-order valence-corrected chi connectivity index (χ4v) is 1.74. The molecular weight excluding hydrogens is 214 g/mol. The van der Waals surface area contributed by atoms with Gasteiger partial charge in [-0.15, -0.1) is 0 Å². The molecule has 0 saturated carbocycles. The summed E-state index contributed by atoms with van der Waals surface area (Å²) in [5.41, 5.74) is 5.94. The van der Waals surface area contributed by atoms with E-state index in [0.29, 0.717) is 11.1 Å². The molecule has 2 N–H and O–H groups in total. The van der Waals surface area contributed by atoms with Crippen molar-refractivity contribution >= 4 is 27.8 Å². The maximum atomic E-state index is 10.5. The van der Waals surface area contributed by atoms with Crippen LogP contribution in [0.4, 0.5) is 5.69 Å². The van der Waals surface area contributed by atoms with Gasteiger partial charge in [-0.1, -0.05) is 30.3 Å². The zero-order valence-electron chi connectivity index (χ0n) is 7.67. The molecule has 0 aliphatic rings. The minimum atomic E-state index is -2.61. The third kappa shape index (κ3) is 1.93. The van der Waals surface area contributed by atoms with E-state index in [0.717, 1.165) is 5.39 Å². The van der Waals surface area contributed by atoms with Crippen LogP contribution in [0.3, 0.4) is 0 Å². The first-order valence-corrected chi connectivity index (χ1v) is 5.23.